The number of carboxylic acid groups (broad SMARTS) is 1. The highest BCUT2D eigenvalue weighted by molar-refractivity contribution is 7.87. The third-order valence-corrected chi connectivity index (χ3v) is 4.97. The van der Waals surface area contributed by atoms with Crippen LogP contribution in [-0.2, 0) is 21.5 Å². The van der Waals surface area contributed by atoms with E-state index in [0.29, 0.717) is 0 Å². The highest BCUT2D eigenvalue weighted by Gasteiger charge is 2.18. The van der Waals surface area contributed by atoms with Gasteiger partial charge in [0.2, 0.25) is 0 Å². The van der Waals surface area contributed by atoms with Gasteiger partial charge in [0.15, 0.2) is 0 Å². The van der Waals surface area contributed by atoms with Gasteiger partial charge in [0.05, 0.1) is 6.42 Å². The number of thiophene rings is 1. The summed E-state index contributed by atoms with van der Waals surface area (Å²) in [5, 5.41) is 10.4. The van der Waals surface area contributed by atoms with Crippen molar-refractivity contribution in [2.75, 3.05) is 13.6 Å². The van der Waals surface area contributed by atoms with E-state index < -0.39 is 16.2 Å². The summed E-state index contributed by atoms with van der Waals surface area (Å²) >= 11 is 1.48. The van der Waals surface area contributed by atoms with E-state index in [1.165, 1.54) is 18.4 Å². The van der Waals surface area contributed by atoms with Gasteiger partial charge in [-0.3, -0.25) is 4.79 Å². The molecule has 0 atom stereocenters. The lowest BCUT2D eigenvalue weighted by Crippen LogP contribution is -2.38. The zero-order valence-corrected chi connectivity index (χ0v) is 11.8. The van der Waals surface area contributed by atoms with Gasteiger partial charge >= 0.3 is 5.97 Å². The smallest absolute Gasteiger partial charge is 0.304 e. The van der Waals surface area contributed by atoms with E-state index in [1.54, 1.807) is 0 Å². The van der Waals surface area contributed by atoms with Crippen molar-refractivity contribution in [2.24, 2.45) is 0 Å². The number of aryl methyl sites for hydroxylation is 1. The molecule has 0 fully saturated rings. The topological polar surface area (TPSA) is 86.7 Å². The Labute approximate surface area is 110 Å². The molecule has 0 aliphatic carbocycles. The Morgan fingerprint density at radius 3 is 2.72 bits per heavy atom. The van der Waals surface area contributed by atoms with E-state index in [1.807, 2.05) is 18.4 Å². The normalized spacial score (nSPS) is 11.9. The average Bonchev–Trinajstić information content (AvgIpc) is 2.69. The van der Waals surface area contributed by atoms with Crippen molar-refractivity contribution in [1.29, 1.82) is 0 Å². The molecule has 0 radical (unpaired) electrons. The Bertz CT molecular complexity index is 510. The highest BCUT2D eigenvalue weighted by Crippen LogP contribution is 2.15. The molecule has 102 valence electrons. The number of nitrogens with zero attached hydrogens (tertiary/aromatic N) is 1. The second-order valence-electron chi connectivity index (χ2n) is 3.82. The van der Waals surface area contributed by atoms with Gasteiger partial charge in [-0.2, -0.15) is 17.4 Å². The predicted molar refractivity (Wildman–Crippen MR) is 69.7 cm³/mol. The van der Waals surface area contributed by atoms with Crippen molar-refractivity contribution in [3.05, 3.63) is 21.9 Å². The van der Waals surface area contributed by atoms with E-state index in [0.717, 1.165) is 14.7 Å². The Balaban J connectivity index is 2.54. The van der Waals surface area contributed by atoms with Crippen molar-refractivity contribution in [1.82, 2.24) is 9.03 Å². The van der Waals surface area contributed by atoms with Gasteiger partial charge < -0.3 is 5.11 Å². The van der Waals surface area contributed by atoms with Crippen molar-refractivity contribution < 1.29 is 18.3 Å². The van der Waals surface area contributed by atoms with Crippen LogP contribution in [0.25, 0.3) is 0 Å². The van der Waals surface area contributed by atoms with Crippen LogP contribution in [0.5, 0.6) is 0 Å². The number of carbonyl (C=O) groups is 1. The molecule has 0 saturated carbocycles. The molecule has 1 heterocycles. The van der Waals surface area contributed by atoms with Crippen molar-refractivity contribution in [3.8, 4) is 0 Å². The second kappa shape index (κ2) is 6.28. The highest BCUT2D eigenvalue weighted by atomic mass is 32.2. The van der Waals surface area contributed by atoms with Gasteiger partial charge in [0, 0.05) is 25.0 Å². The molecule has 0 aliphatic heterocycles. The minimum Gasteiger partial charge on any atom is -0.481 e. The molecule has 0 bridgehead atoms. The third kappa shape index (κ3) is 4.37. The van der Waals surface area contributed by atoms with Crippen molar-refractivity contribution in [2.45, 2.75) is 19.9 Å². The van der Waals surface area contributed by atoms with Crippen LogP contribution in [0.4, 0.5) is 0 Å². The molecule has 1 rings (SSSR count). The van der Waals surface area contributed by atoms with Gasteiger partial charge in [-0.15, -0.1) is 11.3 Å². The quantitative estimate of drug-likeness (QED) is 0.778. The van der Waals surface area contributed by atoms with Gasteiger partial charge in [-0.1, -0.05) is 0 Å². The number of hydrogen-bond donors (Lipinski definition) is 2. The summed E-state index contributed by atoms with van der Waals surface area (Å²) in [6.07, 6.45) is -0.213. The van der Waals surface area contributed by atoms with Crippen LogP contribution in [0.15, 0.2) is 11.4 Å². The minimum atomic E-state index is -3.62. The molecule has 0 spiro atoms. The summed E-state index contributed by atoms with van der Waals surface area (Å²) in [5.41, 5.74) is 1.04. The molecule has 2 N–H and O–H groups in total. The van der Waals surface area contributed by atoms with Gasteiger partial charge in [-0.05, 0) is 23.9 Å². The first-order valence-corrected chi connectivity index (χ1v) is 7.60. The van der Waals surface area contributed by atoms with Crippen molar-refractivity contribution >= 4 is 27.5 Å². The van der Waals surface area contributed by atoms with Crippen molar-refractivity contribution in [3.63, 3.8) is 0 Å². The van der Waals surface area contributed by atoms with Crippen LogP contribution in [-0.4, -0.2) is 37.4 Å². The SMILES string of the molecule is Cc1ccsc1CNS(=O)(=O)N(C)CCC(=O)O. The van der Waals surface area contributed by atoms with Gasteiger partial charge in [0.25, 0.3) is 10.2 Å². The molecule has 0 unspecified atom stereocenters. The summed E-state index contributed by atoms with van der Waals surface area (Å²) in [6, 6.07) is 1.92. The summed E-state index contributed by atoms with van der Waals surface area (Å²) in [4.78, 5) is 11.3. The maximum Gasteiger partial charge on any atom is 0.304 e. The lowest BCUT2D eigenvalue weighted by molar-refractivity contribution is -0.137. The summed E-state index contributed by atoms with van der Waals surface area (Å²) < 4.78 is 27.0. The van der Waals surface area contributed by atoms with E-state index in [2.05, 4.69) is 4.72 Å². The maximum absolute atomic E-state index is 11.8. The molecular weight excluding hydrogens is 276 g/mol. The molecule has 0 amide bonds. The first-order chi connectivity index (χ1) is 8.33. The first kappa shape index (κ1) is 15.1. The molecule has 6 nitrogen and oxygen atoms in total. The fraction of sp³-hybridized carbons (Fsp3) is 0.500. The largest absolute Gasteiger partial charge is 0.481 e. The Morgan fingerprint density at radius 1 is 1.56 bits per heavy atom. The van der Waals surface area contributed by atoms with Gasteiger partial charge in [0.1, 0.15) is 0 Å². The van der Waals surface area contributed by atoms with E-state index in [-0.39, 0.29) is 19.5 Å². The van der Waals surface area contributed by atoms with E-state index in [9.17, 15) is 13.2 Å². The number of carboxylic acids is 1. The zero-order chi connectivity index (χ0) is 13.8. The van der Waals surface area contributed by atoms with Crippen LogP contribution in [0.1, 0.15) is 16.9 Å². The molecule has 18 heavy (non-hydrogen) atoms. The van der Waals surface area contributed by atoms with Crippen LogP contribution in [0.3, 0.4) is 0 Å². The Kier molecular flexibility index (Phi) is 5.27. The average molecular weight is 292 g/mol. The fourth-order valence-corrected chi connectivity index (χ4v) is 3.04. The number of hydrogen-bond acceptors (Lipinski definition) is 4. The number of rotatable bonds is 7. The fourth-order valence-electron chi connectivity index (χ4n) is 1.23. The van der Waals surface area contributed by atoms with Gasteiger partial charge in [-0.25, -0.2) is 0 Å². The maximum atomic E-state index is 11.8. The molecule has 0 aromatic carbocycles. The number of nitrogens with one attached hydrogen (secondary N) is 1. The molecule has 0 saturated heterocycles. The minimum absolute atomic E-state index is 0.0475. The Hall–Kier alpha value is -0.960. The molecular formula is C10H16N2O4S2. The summed E-state index contributed by atoms with van der Waals surface area (Å²) in [6.45, 7) is 2.09. The lowest BCUT2D eigenvalue weighted by atomic mass is 10.3. The predicted octanol–water partition coefficient (Wildman–Crippen LogP) is 0.797. The zero-order valence-electron chi connectivity index (χ0n) is 10.2. The van der Waals surface area contributed by atoms with E-state index in [4.69, 9.17) is 5.11 Å². The standard InChI is InChI=1S/C10H16N2O4S2/c1-8-4-6-17-9(8)7-11-18(15,16)12(2)5-3-10(13)14/h4,6,11H,3,5,7H2,1-2H3,(H,13,14). The molecule has 8 heteroatoms. The van der Waals surface area contributed by atoms with Crippen LogP contribution >= 0.6 is 11.3 Å². The monoisotopic (exact) mass is 292 g/mol. The first-order valence-electron chi connectivity index (χ1n) is 5.28. The molecule has 1 aromatic heterocycles. The third-order valence-electron chi connectivity index (χ3n) is 2.43. The molecule has 0 aliphatic rings. The van der Waals surface area contributed by atoms with Crippen LogP contribution < -0.4 is 4.72 Å². The Morgan fingerprint density at radius 2 is 2.22 bits per heavy atom. The van der Waals surface area contributed by atoms with Crippen LogP contribution in [0, 0.1) is 6.92 Å². The summed E-state index contributed by atoms with van der Waals surface area (Å²) in [7, 11) is -2.27. The second-order valence-corrected chi connectivity index (χ2v) is 6.68. The van der Waals surface area contributed by atoms with E-state index >= 15 is 0 Å². The lowest BCUT2D eigenvalue weighted by Gasteiger charge is -2.16. The van der Waals surface area contributed by atoms with Crippen LogP contribution in [0.2, 0.25) is 0 Å². The summed E-state index contributed by atoms with van der Waals surface area (Å²) in [5.74, 6) is -1.02. The number of aliphatic carboxylic acids is 1. The molecule has 1 aromatic rings.